The van der Waals surface area contributed by atoms with E-state index in [0.29, 0.717) is 0 Å². The number of nitrogens with zero attached hydrogens (tertiary/aromatic N) is 1. The van der Waals surface area contributed by atoms with Crippen LogP contribution in [0.15, 0.2) is 29.0 Å². The van der Waals surface area contributed by atoms with Gasteiger partial charge in [0.1, 0.15) is 5.70 Å². The smallest absolute Gasteiger partial charge is 0.288 e. The Hall–Kier alpha value is -1.62. The Morgan fingerprint density at radius 2 is 2.45 bits per heavy atom. The van der Waals surface area contributed by atoms with Crippen molar-refractivity contribution in [3.05, 3.63) is 23.9 Å². The van der Waals surface area contributed by atoms with Crippen molar-refractivity contribution in [1.29, 1.82) is 0 Å². The van der Waals surface area contributed by atoms with E-state index in [1.807, 2.05) is 0 Å². The molecule has 0 aromatic carbocycles. The van der Waals surface area contributed by atoms with E-state index >= 15 is 0 Å². The van der Waals surface area contributed by atoms with Crippen LogP contribution >= 0.6 is 0 Å². The Balaban J connectivity index is 2.72. The minimum atomic E-state index is -0.617. The zero-order valence-electron chi connectivity index (χ0n) is 5.61. The molecular weight excluding hydrogens is 146 g/mol. The second-order valence-corrected chi connectivity index (χ2v) is 1.80. The van der Waals surface area contributed by atoms with E-state index in [0.717, 1.165) is 0 Å². The Morgan fingerprint density at radius 3 is 3.18 bits per heavy atom. The molecule has 1 aliphatic heterocycles. The second-order valence-electron chi connectivity index (χ2n) is 1.80. The van der Waals surface area contributed by atoms with Crippen molar-refractivity contribution in [2.75, 3.05) is 0 Å². The first-order valence-electron chi connectivity index (χ1n) is 2.95. The summed E-state index contributed by atoms with van der Waals surface area (Å²) in [5.41, 5.74) is 4.11. The van der Waals surface area contributed by atoms with Crippen LogP contribution in [0.25, 0.3) is 0 Å². The molecule has 0 spiro atoms. The molecule has 0 aromatic rings. The molecule has 0 aromatic heterocycles. The maximum absolute atomic E-state index is 10.7. The fourth-order valence-electron chi connectivity index (χ4n) is 0.575. The minimum Gasteiger partial charge on any atom is -0.288 e. The first kappa shape index (κ1) is 7.49. The number of hydroxylamine groups is 1. The molecular formula is C6H7N3O2. The highest BCUT2D eigenvalue weighted by molar-refractivity contribution is 5.92. The number of hydrogen-bond donors (Lipinski definition) is 3. The zero-order chi connectivity index (χ0) is 8.10. The molecule has 0 bridgehead atoms. The summed E-state index contributed by atoms with van der Waals surface area (Å²) in [4.78, 5) is 10.7. The van der Waals surface area contributed by atoms with Crippen LogP contribution in [0.5, 0.6) is 0 Å². The van der Waals surface area contributed by atoms with E-state index in [1.165, 1.54) is 17.8 Å². The Bertz CT molecular complexity index is 242. The molecule has 0 atom stereocenters. The van der Waals surface area contributed by atoms with E-state index < -0.39 is 5.91 Å². The number of hydrogen-bond acceptors (Lipinski definition) is 4. The van der Waals surface area contributed by atoms with Gasteiger partial charge in [-0.2, -0.15) is 5.10 Å². The average Bonchev–Trinajstić information content (AvgIpc) is 2.30. The van der Waals surface area contributed by atoms with Gasteiger partial charge in [-0.1, -0.05) is 6.08 Å². The summed E-state index contributed by atoms with van der Waals surface area (Å²) in [7, 11) is 0. The lowest BCUT2D eigenvalue weighted by Crippen LogP contribution is -2.26. The number of carbonyl (C=O) groups excluding carboxylic acids is 1. The molecule has 1 rings (SSSR count). The third kappa shape index (κ3) is 1.91. The molecule has 1 amide bonds. The Morgan fingerprint density at radius 1 is 1.64 bits per heavy atom. The minimum absolute atomic E-state index is 0.192. The summed E-state index contributed by atoms with van der Waals surface area (Å²) < 4.78 is 0. The standard InChI is InChI=1S/C6H7N3O2/c10-6(9-11)5-3-1-2-4-7-8-5/h1-4,8,11H,(H,9,10). The summed E-state index contributed by atoms with van der Waals surface area (Å²) in [6.45, 7) is 0. The van der Waals surface area contributed by atoms with Gasteiger partial charge in [0, 0.05) is 6.21 Å². The van der Waals surface area contributed by atoms with Gasteiger partial charge in [0.05, 0.1) is 0 Å². The molecule has 0 fully saturated rings. The van der Waals surface area contributed by atoms with Crippen LogP contribution in [0.2, 0.25) is 0 Å². The molecule has 5 nitrogen and oxygen atoms in total. The molecule has 11 heavy (non-hydrogen) atoms. The van der Waals surface area contributed by atoms with Crippen molar-refractivity contribution >= 4 is 12.1 Å². The molecule has 3 N–H and O–H groups in total. The van der Waals surface area contributed by atoms with E-state index in [4.69, 9.17) is 5.21 Å². The molecule has 5 heteroatoms. The van der Waals surface area contributed by atoms with Gasteiger partial charge in [-0.25, -0.2) is 5.48 Å². The van der Waals surface area contributed by atoms with Crippen molar-refractivity contribution in [2.45, 2.75) is 0 Å². The monoisotopic (exact) mass is 153 g/mol. The van der Waals surface area contributed by atoms with E-state index in [2.05, 4.69) is 10.5 Å². The van der Waals surface area contributed by atoms with E-state index in [1.54, 1.807) is 12.2 Å². The van der Waals surface area contributed by atoms with Crippen LogP contribution in [0.4, 0.5) is 0 Å². The van der Waals surface area contributed by atoms with Gasteiger partial charge in [-0.3, -0.25) is 15.4 Å². The first-order chi connectivity index (χ1) is 5.34. The van der Waals surface area contributed by atoms with Crippen LogP contribution in [-0.2, 0) is 4.79 Å². The van der Waals surface area contributed by atoms with Crippen molar-refractivity contribution in [3.63, 3.8) is 0 Å². The molecule has 0 saturated carbocycles. The van der Waals surface area contributed by atoms with Crippen LogP contribution in [0, 0.1) is 0 Å². The Labute approximate surface area is 63.1 Å². The molecule has 58 valence electrons. The molecule has 0 radical (unpaired) electrons. The van der Waals surface area contributed by atoms with Gasteiger partial charge in [0.2, 0.25) is 0 Å². The second kappa shape index (κ2) is 3.52. The van der Waals surface area contributed by atoms with Gasteiger partial charge >= 0.3 is 0 Å². The number of allylic oxidation sites excluding steroid dienone is 3. The predicted octanol–water partition coefficient (Wildman–Crippen LogP) is -0.479. The lowest BCUT2D eigenvalue weighted by atomic mass is 10.4. The molecule has 0 aliphatic carbocycles. The fraction of sp³-hybridized carbons (Fsp3) is 0. The maximum Gasteiger partial charge on any atom is 0.292 e. The van der Waals surface area contributed by atoms with Gasteiger partial charge < -0.3 is 0 Å². The largest absolute Gasteiger partial charge is 0.292 e. The highest BCUT2D eigenvalue weighted by Crippen LogP contribution is 1.92. The summed E-state index contributed by atoms with van der Waals surface area (Å²) in [5, 5.41) is 11.8. The fourth-order valence-corrected chi connectivity index (χ4v) is 0.575. The van der Waals surface area contributed by atoms with Crippen LogP contribution < -0.4 is 10.9 Å². The van der Waals surface area contributed by atoms with Crippen LogP contribution in [0.3, 0.4) is 0 Å². The average molecular weight is 153 g/mol. The Kier molecular flexibility index (Phi) is 2.40. The van der Waals surface area contributed by atoms with Gasteiger partial charge in [-0.05, 0) is 12.2 Å². The topological polar surface area (TPSA) is 73.7 Å². The van der Waals surface area contributed by atoms with E-state index in [-0.39, 0.29) is 5.70 Å². The highest BCUT2D eigenvalue weighted by Gasteiger charge is 2.05. The number of hydrazone groups is 1. The van der Waals surface area contributed by atoms with E-state index in [9.17, 15) is 4.79 Å². The predicted molar refractivity (Wildman–Crippen MR) is 38.8 cm³/mol. The third-order valence-corrected chi connectivity index (χ3v) is 1.07. The molecule has 1 aliphatic rings. The number of rotatable bonds is 1. The highest BCUT2D eigenvalue weighted by atomic mass is 16.5. The summed E-state index contributed by atoms with van der Waals surface area (Å²) >= 11 is 0. The lowest BCUT2D eigenvalue weighted by Gasteiger charge is -2.00. The molecule has 1 heterocycles. The zero-order valence-corrected chi connectivity index (χ0v) is 5.61. The third-order valence-electron chi connectivity index (χ3n) is 1.07. The van der Waals surface area contributed by atoms with Crippen molar-refractivity contribution in [1.82, 2.24) is 10.9 Å². The van der Waals surface area contributed by atoms with Gasteiger partial charge in [0.15, 0.2) is 0 Å². The SMILES string of the molecule is O=C(NO)C1=CC=CC=NN1. The van der Waals surface area contributed by atoms with Gasteiger partial charge in [-0.15, -0.1) is 0 Å². The quantitative estimate of drug-likeness (QED) is 0.352. The number of amides is 1. The lowest BCUT2D eigenvalue weighted by molar-refractivity contribution is -0.125. The summed E-state index contributed by atoms with van der Waals surface area (Å²) in [6, 6.07) is 0. The normalized spacial score (nSPS) is 14.8. The van der Waals surface area contributed by atoms with Crippen LogP contribution in [-0.4, -0.2) is 17.3 Å². The maximum atomic E-state index is 10.7. The van der Waals surface area contributed by atoms with Crippen molar-refractivity contribution in [3.8, 4) is 0 Å². The van der Waals surface area contributed by atoms with Gasteiger partial charge in [0.25, 0.3) is 5.91 Å². The molecule has 0 unspecified atom stereocenters. The summed E-state index contributed by atoms with van der Waals surface area (Å²) in [5.74, 6) is -0.617. The number of nitrogens with one attached hydrogen (secondary N) is 2. The van der Waals surface area contributed by atoms with Crippen molar-refractivity contribution < 1.29 is 10.0 Å². The molecule has 0 saturated heterocycles. The number of carbonyl (C=O) groups is 1. The summed E-state index contributed by atoms with van der Waals surface area (Å²) in [6.07, 6.45) is 6.28. The van der Waals surface area contributed by atoms with Crippen molar-refractivity contribution in [2.24, 2.45) is 5.10 Å². The van der Waals surface area contributed by atoms with Crippen LogP contribution in [0.1, 0.15) is 0 Å². The first-order valence-corrected chi connectivity index (χ1v) is 2.95.